The first kappa shape index (κ1) is 12.2. The largest absolute Gasteiger partial charge is 0.350 e. The van der Waals surface area contributed by atoms with Gasteiger partial charge in [0.1, 0.15) is 0 Å². The molecule has 2 amide bonds. The van der Waals surface area contributed by atoms with E-state index >= 15 is 0 Å². The van der Waals surface area contributed by atoms with Crippen molar-refractivity contribution in [1.29, 1.82) is 0 Å². The lowest BCUT2D eigenvalue weighted by Crippen LogP contribution is -2.28. The molecule has 0 spiro atoms. The second-order valence-corrected chi connectivity index (χ2v) is 3.87. The van der Waals surface area contributed by atoms with Gasteiger partial charge in [0, 0.05) is 11.6 Å². The number of primary amides is 1. The summed E-state index contributed by atoms with van der Waals surface area (Å²) in [6.45, 7) is 4.14. The molecule has 1 aromatic carbocycles. The Kier molecular flexibility index (Phi) is 4.05. The average molecular weight is 219 g/mol. The minimum atomic E-state index is -0.650. The summed E-state index contributed by atoms with van der Waals surface area (Å²) < 4.78 is 0. The van der Waals surface area contributed by atoms with Crippen LogP contribution in [0.2, 0.25) is 0 Å². The zero-order valence-electron chi connectivity index (χ0n) is 9.60. The standard InChI is InChI=1S/C12H17N3O/c1-3-12(2,9-14-15-11(13)16)10-7-5-4-6-8-10/h4-9H,3H2,1-2H3,(H3,13,15,16). The van der Waals surface area contributed by atoms with E-state index in [1.54, 1.807) is 6.21 Å². The molecule has 1 unspecified atom stereocenters. The molecule has 86 valence electrons. The topological polar surface area (TPSA) is 67.5 Å². The first-order chi connectivity index (χ1) is 7.58. The molecular weight excluding hydrogens is 202 g/mol. The number of hydrogen-bond acceptors (Lipinski definition) is 2. The average Bonchev–Trinajstić information content (AvgIpc) is 2.29. The van der Waals surface area contributed by atoms with Gasteiger partial charge in [-0.2, -0.15) is 5.10 Å². The highest BCUT2D eigenvalue weighted by atomic mass is 16.2. The Morgan fingerprint density at radius 3 is 2.62 bits per heavy atom. The van der Waals surface area contributed by atoms with Crippen LogP contribution in [0.1, 0.15) is 25.8 Å². The van der Waals surface area contributed by atoms with Crippen LogP contribution in [0.3, 0.4) is 0 Å². The van der Waals surface area contributed by atoms with E-state index in [1.807, 2.05) is 30.3 Å². The number of hydrogen-bond donors (Lipinski definition) is 2. The molecule has 0 saturated carbocycles. The Balaban J connectivity index is 2.86. The molecule has 0 aliphatic heterocycles. The van der Waals surface area contributed by atoms with Crippen molar-refractivity contribution in [3.05, 3.63) is 35.9 Å². The molecule has 0 aromatic heterocycles. The summed E-state index contributed by atoms with van der Waals surface area (Å²) in [6.07, 6.45) is 2.61. The molecular formula is C12H17N3O. The van der Waals surface area contributed by atoms with Crippen LogP contribution in [0, 0.1) is 0 Å². The number of carbonyl (C=O) groups is 1. The Labute approximate surface area is 95.5 Å². The number of urea groups is 1. The predicted octanol–water partition coefficient (Wildman–Crippen LogP) is 2.01. The number of benzene rings is 1. The van der Waals surface area contributed by atoms with Crippen LogP contribution in [-0.4, -0.2) is 12.2 Å². The number of hydrazone groups is 1. The molecule has 0 bridgehead atoms. The molecule has 4 nitrogen and oxygen atoms in total. The summed E-state index contributed by atoms with van der Waals surface area (Å²) in [5.74, 6) is 0. The van der Waals surface area contributed by atoms with Gasteiger partial charge in [-0.05, 0) is 12.0 Å². The highest BCUT2D eigenvalue weighted by Crippen LogP contribution is 2.24. The molecule has 0 radical (unpaired) electrons. The smallest absolute Gasteiger partial charge is 0.332 e. The van der Waals surface area contributed by atoms with Gasteiger partial charge in [-0.3, -0.25) is 0 Å². The van der Waals surface area contributed by atoms with Crippen LogP contribution in [0.5, 0.6) is 0 Å². The highest BCUT2D eigenvalue weighted by molar-refractivity contribution is 5.76. The van der Waals surface area contributed by atoms with Gasteiger partial charge < -0.3 is 5.73 Å². The molecule has 0 saturated heterocycles. The molecule has 0 heterocycles. The van der Waals surface area contributed by atoms with Crippen molar-refractivity contribution in [2.45, 2.75) is 25.7 Å². The van der Waals surface area contributed by atoms with Gasteiger partial charge >= 0.3 is 6.03 Å². The van der Waals surface area contributed by atoms with E-state index in [0.717, 1.165) is 12.0 Å². The van der Waals surface area contributed by atoms with Gasteiger partial charge in [-0.25, -0.2) is 10.2 Å². The summed E-state index contributed by atoms with van der Waals surface area (Å²) in [4.78, 5) is 10.5. The second-order valence-electron chi connectivity index (χ2n) is 3.87. The summed E-state index contributed by atoms with van der Waals surface area (Å²) in [6, 6.07) is 9.37. The maximum Gasteiger partial charge on any atom is 0.332 e. The Morgan fingerprint density at radius 2 is 2.12 bits per heavy atom. The van der Waals surface area contributed by atoms with Crippen molar-refractivity contribution in [1.82, 2.24) is 5.43 Å². The number of carbonyl (C=O) groups excluding carboxylic acids is 1. The fraction of sp³-hybridized carbons (Fsp3) is 0.333. The van der Waals surface area contributed by atoms with E-state index in [9.17, 15) is 4.79 Å². The van der Waals surface area contributed by atoms with Crippen molar-refractivity contribution >= 4 is 12.2 Å². The molecule has 3 N–H and O–H groups in total. The second kappa shape index (κ2) is 5.30. The van der Waals surface area contributed by atoms with E-state index < -0.39 is 6.03 Å². The number of rotatable bonds is 4. The van der Waals surface area contributed by atoms with E-state index in [-0.39, 0.29) is 5.41 Å². The lowest BCUT2D eigenvalue weighted by molar-refractivity contribution is 0.249. The van der Waals surface area contributed by atoms with Crippen molar-refractivity contribution in [2.24, 2.45) is 10.8 Å². The van der Waals surface area contributed by atoms with Gasteiger partial charge in [0.15, 0.2) is 0 Å². The first-order valence-corrected chi connectivity index (χ1v) is 5.23. The maximum absolute atomic E-state index is 10.5. The Bertz CT molecular complexity index is 375. The van der Waals surface area contributed by atoms with E-state index in [1.165, 1.54) is 0 Å². The first-order valence-electron chi connectivity index (χ1n) is 5.23. The third-order valence-corrected chi connectivity index (χ3v) is 2.69. The maximum atomic E-state index is 10.5. The molecule has 0 aliphatic rings. The third-order valence-electron chi connectivity index (χ3n) is 2.69. The van der Waals surface area contributed by atoms with Crippen molar-refractivity contribution in [2.75, 3.05) is 0 Å². The van der Waals surface area contributed by atoms with Crippen molar-refractivity contribution in [3.8, 4) is 0 Å². The van der Waals surface area contributed by atoms with Crippen LogP contribution in [0.15, 0.2) is 35.4 Å². The molecule has 1 aromatic rings. The number of nitrogens with two attached hydrogens (primary N) is 1. The predicted molar refractivity (Wildman–Crippen MR) is 65.3 cm³/mol. The molecule has 0 aliphatic carbocycles. The number of nitrogens with one attached hydrogen (secondary N) is 1. The van der Waals surface area contributed by atoms with Gasteiger partial charge in [0.25, 0.3) is 0 Å². The van der Waals surface area contributed by atoms with Gasteiger partial charge in [-0.15, -0.1) is 0 Å². The lowest BCUT2D eigenvalue weighted by Gasteiger charge is -2.23. The Morgan fingerprint density at radius 1 is 1.50 bits per heavy atom. The summed E-state index contributed by atoms with van der Waals surface area (Å²) in [5, 5.41) is 3.84. The minimum absolute atomic E-state index is 0.191. The van der Waals surface area contributed by atoms with Crippen LogP contribution in [-0.2, 0) is 5.41 Å². The van der Waals surface area contributed by atoms with Crippen LogP contribution < -0.4 is 11.2 Å². The molecule has 1 atom stereocenters. The molecule has 4 heteroatoms. The molecule has 16 heavy (non-hydrogen) atoms. The van der Waals surface area contributed by atoms with Crippen LogP contribution in [0.4, 0.5) is 4.79 Å². The lowest BCUT2D eigenvalue weighted by atomic mass is 9.81. The summed E-state index contributed by atoms with van der Waals surface area (Å²) in [5.41, 5.74) is 8.12. The van der Waals surface area contributed by atoms with E-state index in [0.29, 0.717) is 0 Å². The van der Waals surface area contributed by atoms with Gasteiger partial charge in [0.2, 0.25) is 0 Å². The molecule has 1 rings (SSSR count). The highest BCUT2D eigenvalue weighted by Gasteiger charge is 2.21. The normalized spacial score (nSPS) is 14.6. The van der Waals surface area contributed by atoms with Gasteiger partial charge in [-0.1, -0.05) is 44.2 Å². The Hall–Kier alpha value is -1.84. The SMILES string of the molecule is CCC(C)(C=NNC(N)=O)c1ccccc1. The van der Waals surface area contributed by atoms with E-state index in [2.05, 4.69) is 24.4 Å². The van der Waals surface area contributed by atoms with Crippen molar-refractivity contribution in [3.63, 3.8) is 0 Å². The summed E-state index contributed by atoms with van der Waals surface area (Å²) in [7, 11) is 0. The number of nitrogens with zero attached hydrogens (tertiary/aromatic N) is 1. The quantitative estimate of drug-likeness (QED) is 0.590. The fourth-order valence-electron chi connectivity index (χ4n) is 1.43. The molecule has 0 fully saturated rings. The fourth-order valence-corrected chi connectivity index (χ4v) is 1.43. The van der Waals surface area contributed by atoms with E-state index in [4.69, 9.17) is 5.73 Å². The van der Waals surface area contributed by atoms with Crippen LogP contribution >= 0.6 is 0 Å². The zero-order valence-corrected chi connectivity index (χ0v) is 9.60. The van der Waals surface area contributed by atoms with Crippen LogP contribution in [0.25, 0.3) is 0 Å². The third kappa shape index (κ3) is 3.08. The number of amides is 2. The van der Waals surface area contributed by atoms with Crippen molar-refractivity contribution < 1.29 is 4.79 Å². The summed E-state index contributed by atoms with van der Waals surface area (Å²) >= 11 is 0. The monoisotopic (exact) mass is 219 g/mol. The zero-order chi connectivity index (χ0) is 12.0. The minimum Gasteiger partial charge on any atom is -0.350 e. The van der Waals surface area contributed by atoms with Gasteiger partial charge in [0.05, 0.1) is 0 Å².